The highest BCUT2D eigenvalue weighted by Gasteiger charge is 2.27. The topological polar surface area (TPSA) is 70.2 Å². The van der Waals surface area contributed by atoms with Crippen LogP contribution in [0.1, 0.15) is 24.3 Å². The van der Waals surface area contributed by atoms with Crippen molar-refractivity contribution in [2.75, 3.05) is 18.4 Å². The number of benzene rings is 1. The van der Waals surface area contributed by atoms with Crippen LogP contribution in [0.5, 0.6) is 0 Å². The Balaban J connectivity index is 1.70. The number of imide groups is 1. The molecule has 5 nitrogen and oxygen atoms in total. The summed E-state index contributed by atoms with van der Waals surface area (Å²) >= 11 is 0. The van der Waals surface area contributed by atoms with Gasteiger partial charge in [0.15, 0.2) is 0 Å². The van der Waals surface area contributed by atoms with Crippen LogP contribution in [0.2, 0.25) is 0 Å². The summed E-state index contributed by atoms with van der Waals surface area (Å²) < 4.78 is 14.0. The van der Waals surface area contributed by atoms with Gasteiger partial charge in [0.25, 0.3) is 0 Å². The standard InChI is InChI=1S/C14H16FN3O2/c15-11-5-9(1-2-10(11)8-6-16-7-8)17-12-3-4-13(19)18-14(12)20/h1-2,5,8,12,16-17H,3-4,6-7H2,(H,18,19,20). The van der Waals surface area contributed by atoms with Crippen molar-refractivity contribution in [3.63, 3.8) is 0 Å². The average Bonchev–Trinajstić information content (AvgIpc) is 2.34. The van der Waals surface area contributed by atoms with Gasteiger partial charge in [-0.2, -0.15) is 0 Å². The Morgan fingerprint density at radius 2 is 2.05 bits per heavy atom. The lowest BCUT2D eigenvalue weighted by Crippen LogP contribution is -2.47. The van der Waals surface area contributed by atoms with Crippen molar-refractivity contribution in [2.45, 2.75) is 24.8 Å². The van der Waals surface area contributed by atoms with Crippen LogP contribution in [0.4, 0.5) is 10.1 Å². The van der Waals surface area contributed by atoms with E-state index in [1.54, 1.807) is 12.1 Å². The van der Waals surface area contributed by atoms with Crippen molar-refractivity contribution in [3.8, 4) is 0 Å². The second-order valence-electron chi connectivity index (χ2n) is 5.24. The fourth-order valence-corrected chi connectivity index (χ4v) is 2.49. The minimum Gasteiger partial charge on any atom is -0.374 e. The summed E-state index contributed by atoms with van der Waals surface area (Å²) in [5.74, 6) is -0.630. The third kappa shape index (κ3) is 2.51. The molecule has 2 amide bonds. The summed E-state index contributed by atoms with van der Waals surface area (Å²) in [5, 5.41) is 8.35. The number of nitrogens with one attached hydrogen (secondary N) is 3. The van der Waals surface area contributed by atoms with E-state index >= 15 is 0 Å². The monoisotopic (exact) mass is 277 g/mol. The van der Waals surface area contributed by atoms with E-state index in [9.17, 15) is 14.0 Å². The fourth-order valence-electron chi connectivity index (χ4n) is 2.49. The maximum atomic E-state index is 14.0. The third-order valence-electron chi connectivity index (χ3n) is 3.80. The van der Waals surface area contributed by atoms with Gasteiger partial charge in [-0.1, -0.05) is 6.07 Å². The van der Waals surface area contributed by atoms with Crippen molar-refractivity contribution in [2.24, 2.45) is 0 Å². The lowest BCUT2D eigenvalue weighted by Gasteiger charge is -2.28. The molecule has 2 aliphatic heterocycles. The molecule has 3 N–H and O–H groups in total. The van der Waals surface area contributed by atoms with Gasteiger partial charge in [-0.15, -0.1) is 0 Å². The van der Waals surface area contributed by atoms with Crippen LogP contribution in [-0.2, 0) is 9.59 Å². The van der Waals surface area contributed by atoms with Crippen molar-refractivity contribution < 1.29 is 14.0 Å². The Morgan fingerprint density at radius 3 is 2.65 bits per heavy atom. The molecule has 0 aromatic heterocycles. The summed E-state index contributed by atoms with van der Waals surface area (Å²) in [6, 6.07) is 4.47. The van der Waals surface area contributed by atoms with Gasteiger partial charge in [-0.3, -0.25) is 14.9 Å². The van der Waals surface area contributed by atoms with Crippen LogP contribution in [0.25, 0.3) is 0 Å². The highest BCUT2D eigenvalue weighted by Crippen LogP contribution is 2.25. The van der Waals surface area contributed by atoms with E-state index in [4.69, 9.17) is 0 Å². The van der Waals surface area contributed by atoms with Crippen LogP contribution in [-0.4, -0.2) is 30.9 Å². The van der Waals surface area contributed by atoms with Crippen LogP contribution in [0.15, 0.2) is 18.2 Å². The molecule has 1 aromatic carbocycles. The quantitative estimate of drug-likeness (QED) is 0.712. The zero-order chi connectivity index (χ0) is 14.1. The Bertz CT molecular complexity index is 557. The molecule has 2 fully saturated rings. The highest BCUT2D eigenvalue weighted by atomic mass is 19.1. The predicted molar refractivity (Wildman–Crippen MR) is 71.8 cm³/mol. The normalized spacial score (nSPS) is 23.1. The van der Waals surface area contributed by atoms with E-state index in [-0.39, 0.29) is 23.5 Å². The molecule has 1 atom stereocenters. The molecule has 20 heavy (non-hydrogen) atoms. The molecule has 2 saturated heterocycles. The molecule has 0 spiro atoms. The Labute approximate surface area is 115 Å². The largest absolute Gasteiger partial charge is 0.374 e. The third-order valence-corrected chi connectivity index (χ3v) is 3.80. The van der Waals surface area contributed by atoms with Gasteiger partial charge in [0.2, 0.25) is 11.8 Å². The van der Waals surface area contributed by atoms with Crippen molar-refractivity contribution >= 4 is 17.5 Å². The number of halogens is 1. The SMILES string of the molecule is O=C1CCC(Nc2ccc(C3CNC3)c(F)c2)C(=O)N1. The Morgan fingerprint density at radius 1 is 1.25 bits per heavy atom. The van der Waals surface area contributed by atoms with Gasteiger partial charge in [0, 0.05) is 31.1 Å². The van der Waals surface area contributed by atoms with Gasteiger partial charge in [-0.25, -0.2) is 4.39 Å². The maximum absolute atomic E-state index is 14.0. The number of anilines is 1. The first kappa shape index (κ1) is 13.1. The number of piperidine rings is 1. The van der Waals surface area contributed by atoms with Crippen molar-refractivity contribution in [1.29, 1.82) is 0 Å². The first-order valence-electron chi connectivity index (χ1n) is 6.74. The number of carbonyl (C=O) groups is 2. The van der Waals surface area contributed by atoms with Crippen molar-refractivity contribution in [3.05, 3.63) is 29.6 Å². The predicted octanol–water partition coefficient (Wildman–Crippen LogP) is 0.730. The van der Waals surface area contributed by atoms with Crippen LogP contribution >= 0.6 is 0 Å². The van der Waals surface area contributed by atoms with E-state index < -0.39 is 6.04 Å². The number of hydrogen-bond acceptors (Lipinski definition) is 4. The zero-order valence-electron chi connectivity index (χ0n) is 10.9. The van der Waals surface area contributed by atoms with Crippen molar-refractivity contribution in [1.82, 2.24) is 10.6 Å². The highest BCUT2D eigenvalue weighted by molar-refractivity contribution is 6.01. The van der Waals surface area contributed by atoms with Gasteiger partial charge >= 0.3 is 0 Å². The van der Waals surface area contributed by atoms with Crippen LogP contribution in [0.3, 0.4) is 0 Å². The average molecular weight is 277 g/mol. The number of amides is 2. The van der Waals surface area contributed by atoms with E-state index in [1.807, 2.05) is 0 Å². The molecule has 0 saturated carbocycles. The molecule has 106 valence electrons. The molecule has 0 radical (unpaired) electrons. The molecular formula is C14H16FN3O2. The minimum atomic E-state index is -0.483. The first-order chi connectivity index (χ1) is 9.63. The molecule has 2 aliphatic rings. The Kier molecular flexibility index (Phi) is 3.40. The molecule has 3 rings (SSSR count). The van der Waals surface area contributed by atoms with Gasteiger partial charge in [0.1, 0.15) is 11.9 Å². The molecular weight excluding hydrogens is 261 g/mol. The lowest BCUT2D eigenvalue weighted by molar-refractivity contribution is -0.133. The number of rotatable bonds is 3. The molecule has 0 aliphatic carbocycles. The maximum Gasteiger partial charge on any atom is 0.249 e. The number of carbonyl (C=O) groups excluding carboxylic acids is 2. The summed E-state index contributed by atoms with van der Waals surface area (Å²) in [5.41, 5.74) is 1.27. The summed E-state index contributed by atoms with van der Waals surface area (Å²) in [7, 11) is 0. The smallest absolute Gasteiger partial charge is 0.249 e. The van der Waals surface area contributed by atoms with Gasteiger partial charge in [-0.05, 0) is 24.1 Å². The van der Waals surface area contributed by atoms with Gasteiger partial charge in [0.05, 0.1) is 0 Å². The fraction of sp³-hybridized carbons (Fsp3) is 0.429. The lowest BCUT2D eigenvalue weighted by atomic mass is 9.93. The summed E-state index contributed by atoms with van der Waals surface area (Å²) in [6.45, 7) is 1.60. The molecule has 1 unspecified atom stereocenters. The molecule has 1 aromatic rings. The second-order valence-corrected chi connectivity index (χ2v) is 5.24. The zero-order valence-corrected chi connectivity index (χ0v) is 10.9. The van der Waals surface area contributed by atoms with E-state index in [0.717, 1.165) is 13.1 Å². The van der Waals surface area contributed by atoms with E-state index in [0.29, 0.717) is 24.1 Å². The first-order valence-corrected chi connectivity index (χ1v) is 6.74. The Hall–Kier alpha value is -1.95. The molecule has 0 bridgehead atoms. The summed E-state index contributed by atoms with van der Waals surface area (Å²) in [4.78, 5) is 22.7. The summed E-state index contributed by atoms with van der Waals surface area (Å²) in [6.07, 6.45) is 0.734. The van der Waals surface area contributed by atoms with E-state index in [1.165, 1.54) is 6.07 Å². The number of hydrogen-bond donors (Lipinski definition) is 3. The second kappa shape index (κ2) is 5.20. The van der Waals surface area contributed by atoms with Crippen LogP contribution in [0, 0.1) is 5.82 Å². The van der Waals surface area contributed by atoms with E-state index in [2.05, 4.69) is 16.0 Å². The molecule has 2 heterocycles. The van der Waals surface area contributed by atoms with Gasteiger partial charge < -0.3 is 10.6 Å². The molecule has 6 heteroatoms. The van der Waals surface area contributed by atoms with Crippen LogP contribution < -0.4 is 16.0 Å². The minimum absolute atomic E-state index is 0.236.